The predicted octanol–water partition coefficient (Wildman–Crippen LogP) is 3.08. The lowest BCUT2D eigenvalue weighted by Gasteiger charge is -2.56. The van der Waals surface area contributed by atoms with Crippen LogP contribution in [-0.2, 0) is 12.7 Å². The number of hydrogen-bond acceptors (Lipinski definition) is 6. The Morgan fingerprint density at radius 2 is 1.92 bits per heavy atom. The number of pyridine rings is 1. The van der Waals surface area contributed by atoms with Crippen molar-refractivity contribution in [1.82, 2.24) is 19.9 Å². The van der Waals surface area contributed by atoms with E-state index in [2.05, 4.69) is 24.8 Å². The summed E-state index contributed by atoms with van der Waals surface area (Å²) >= 11 is 1.49. The number of halogens is 3. The molecule has 2 aromatic rings. The van der Waals surface area contributed by atoms with Gasteiger partial charge in [0.15, 0.2) is 5.16 Å². The third-order valence-corrected chi connectivity index (χ3v) is 5.54. The zero-order valence-corrected chi connectivity index (χ0v) is 15.0. The van der Waals surface area contributed by atoms with Gasteiger partial charge in [-0.05, 0) is 30.4 Å². The molecule has 0 radical (unpaired) electrons. The van der Waals surface area contributed by atoms with Crippen LogP contribution in [0.4, 0.5) is 19.0 Å². The van der Waals surface area contributed by atoms with Gasteiger partial charge >= 0.3 is 6.18 Å². The highest BCUT2D eigenvalue weighted by Crippen LogP contribution is 2.37. The molecule has 0 aromatic carbocycles. The number of hydrogen-bond donors (Lipinski definition) is 0. The average Bonchev–Trinajstić information content (AvgIpc) is 2.65. The molecule has 9 heteroatoms. The van der Waals surface area contributed by atoms with Crippen LogP contribution in [0.1, 0.15) is 17.7 Å². The number of fused-ring (bicyclic) bond motifs is 2. The molecule has 0 aliphatic carbocycles. The fraction of sp³-hybridized carbons (Fsp3) is 0.471. The number of anilines is 1. The van der Waals surface area contributed by atoms with Gasteiger partial charge in [0.2, 0.25) is 0 Å². The fourth-order valence-corrected chi connectivity index (χ4v) is 4.11. The van der Waals surface area contributed by atoms with Crippen LogP contribution < -0.4 is 4.90 Å². The Morgan fingerprint density at radius 3 is 2.62 bits per heavy atom. The number of thioether (sulfide) groups is 1. The van der Waals surface area contributed by atoms with Crippen molar-refractivity contribution < 1.29 is 13.2 Å². The summed E-state index contributed by atoms with van der Waals surface area (Å²) in [5, 5.41) is 0.726. The van der Waals surface area contributed by atoms with Crippen molar-refractivity contribution in [3.63, 3.8) is 0 Å². The first kappa shape index (κ1) is 17.5. The van der Waals surface area contributed by atoms with Gasteiger partial charge in [-0.3, -0.25) is 9.88 Å². The first-order valence-corrected chi connectivity index (χ1v) is 9.57. The number of nitrogens with zero attached hydrogens (tertiary/aromatic N) is 5. The molecule has 5 heterocycles. The second-order valence-corrected chi connectivity index (χ2v) is 7.30. The lowest BCUT2D eigenvalue weighted by atomic mass is 9.86. The molecule has 0 saturated carbocycles. The van der Waals surface area contributed by atoms with Crippen molar-refractivity contribution in [2.45, 2.75) is 36.4 Å². The molecule has 3 aliphatic rings. The SMILES string of the molecule is CSc1nccc(N2CC3CC(C2)N3Cc2cccnc2C(F)(F)F)n1. The third kappa shape index (κ3) is 3.25. The maximum Gasteiger partial charge on any atom is 0.433 e. The van der Waals surface area contributed by atoms with E-state index in [4.69, 9.17) is 0 Å². The van der Waals surface area contributed by atoms with Crippen LogP contribution in [0.5, 0.6) is 0 Å². The number of aromatic nitrogens is 3. The van der Waals surface area contributed by atoms with Crippen molar-refractivity contribution in [2.24, 2.45) is 0 Å². The van der Waals surface area contributed by atoms with Crippen LogP contribution in [0.2, 0.25) is 0 Å². The Morgan fingerprint density at radius 1 is 1.15 bits per heavy atom. The topological polar surface area (TPSA) is 45.2 Å². The van der Waals surface area contributed by atoms with Crippen molar-refractivity contribution in [3.8, 4) is 0 Å². The van der Waals surface area contributed by atoms with Gasteiger partial charge in [0, 0.05) is 44.1 Å². The van der Waals surface area contributed by atoms with Crippen LogP contribution in [0.25, 0.3) is 0 Å². The van der Waals surface area contributed by atoms with Crippen LogP contribution in [0, 0.1) is 0 Å². The Labute approximate surface area is 153 Å². The van der Waals surface area contributed by atoms with Crippen molar-refractivity contribution in [3.05, 3.63) is 41.9 Å². The van der Waals surface area contributed by atoms with Gasteiger partial charge in [-0.25, -0.2) is 9.97 Å². The molecule has 2 unspecified atom stereocenters. The van der Waals surface area contributed by atoms with Crippen molar-refractivity contribution in [1.29, 1.82) is 0 Å². The summed E-state index contributed by atoms with van der Waals surface area (Å²) in [6.07, 6.45) is 1.47. The van der Waals surface area contributed by atoms with E-state index in [0.717, 1.165) is 30.5 Å². The Bertz CT molecular complexity index is 788. The minimum Gasteiger partial charge on any atom is -0.353 e. The highest BCUT2D eigenvalue weighted by atomic mass is 32.2. The van der Waals surface area contributed by atoms with Crippen LogP contribution in [-0.4, -0.2) is 51.3 Å². The summed E-state index contributed by atoms with van der Waals surface area (Å²) in [5.41, 5.74) is -0.530. The maximum atomic E-state index is 13.2. The molecule has 0 spiro atoms. The molecule has 3 saturated heterocycles. The van der Waals surface area contributed by atoms with Gasteiger partial charge in [-0.1, -0.05) is 17.8 Å². The van der Waals surface area contributed by atoms with Crippen LogP contribution >= 0.6 is 11.8 Å². The van der Waals surface area contributed by atoms with Gasteiger partial charge in [0.05, 0.1) is 0 Å². The molecule has 2 bridgehead atoms. The number of piperidine rings is 1. The Kier molecular flexibility index (Phi) is 4.52. The molecule has 5 rings (SSSR count). The quantitative estimate of drug-likeness (QED) is 0.599. The first-order valence-electron chi connectivity index (χ1n) is 8.34. The van der Waals surface area contributed by atoms with E-state index in [-0.39, 0.29) is 24.2 Å². The van der Waals surface area contributed by atoms with E-state index >= 15 is 0 Å². The van der Waals surface area contributed by atoms with Gasteiger partial charge in [-0.2, -0.15) is 13.2 Å². The second kappa shape index (κ2) is 6.70. The standard InChI is InChI=1S/C17H18F3N5S/c1-26-16-22-6-4-14(23-16)24-9-12-7-13(10-24)25(12)8-11-3-2-5-21-15(11)17(18,19)20/h2-6,12-13H,7-10H2,1H3. The number of piperazine rings is 1. The van der Waals surface area contributed by atoms with Gasteiger partial charge in [0.25, 0.3) is 0 Å². The van der Waals surface area contributed by atoms with Gasteiger partial charge in [-0.15, -0.1) is 0 Å². The highest BCUT2D eigenvalue weighted by molar-refractivity contribution is 7.98. The molecule has 5 nitrogen and oxygen atoms in total. The van der Waals surface area contributed by atoms with Crippen LogP contribution in [0.15, 0.2) is 35.7 Å². The van der Waals surface area contributed by atoms with Gasteiger partial charge < -0.3 is 4.90 Å². The molecule has 2 aromatic heterocycles. The molecular weight excluding hydrogens is 363 g/mol. The summed E-state index contributed by atoms with van der Waals surface area (Å²) in [7, 11) is 0. The lowest BCUT2D eigenvalue weighted by Crippen LogP contribution is -2.68. The summed E-state index contributed by atoms with van der Waals surface area (Å²) in [4.78, 5) is 16.6. The molecule has 0 N–H and O–H groups in total. The zero-order chi connectivity index (χ0) is 18.3. The van der Waals surface area contributed by atoms with Crippen molar-refractivity contribution >= 4 is 17.6 Å². The van der Waals surface area contributed by atoms with Crippen LogP contribution in [0.3, 0.4) is 0 Å². The molecule has 2 atom stereocenters. The third-order valence-electron chi connectivity index (χ3n) is 4.98. The molecule has 0 amide bonds. The Balaban J connectivity index is 1.47. The van der Waals surface area contributed by atoms with Gasteiger partial charge in [0.1, 0.15) is 11.5 Å². The van der Waals surface area contributed by atoms with E-state index in [1.807, 2.05) is 12.3 Å². The smallest absolute Gasteiger partial charge is 0.353 e. The van der Waals surface area contributed by atoms with E-state index in [1.165, 1.54) is 24.0 Å². The Hall–Kier alpha value is -1.87. The monoisotopic (exact) mass is 381 g/mol. The molecule has 3 fully saturated rings. The lowest BCUT2D eigenvalue weighted by molar-refractivity contribution is -0.142. The van der Waals surface area contributed by atoms with E-state index in [1.54, 1.807) is 12.3 Å². The minimum atomic E-state index is -4.42. The number of alkyl halides is 3. The molecule has 3 aliphatic heterocycles. The summed E-state index contributed by atoms with van der Waals surface area (Å²) < 4.78 is 39.5. The maximum absolute atomic E-state index is 13.2. The predicted molar refractivity (Wildman–Crippen MR) is 93.0 cm³/mol. The normalized spacial score (nSPS) is 23.0. The second-order valence-electron chi connectivity index (χ2n) is 6.53. The number of rotatable bonds is 4. The first-order chi connectivity index (χ1) is 12.5. The average molecular weight is 381 g/mol. The molecule has 138 valence electrons. The minimum absolute atomic E-state index is 0.239. The van der Waals surface area contributed by atoms with Crippen molar-refractivity contribution in [2.75, 3.05) is 24.2 Å². The molecular formula is C17H18F3N5S. The zero-order valence-electron chi connectivity index (χ0n) is 14.1. The fourth-order valence-electron chi connectivity index (χ4n) is 3.76. The summed E-state index contributed by atoms with van der Waals surface area (Å²) in [6, 6.07) is 5.46. The van der Waals surface area contributed by atoms with E-state index in [0.29, 0.717) is 0 Å². The van der Waals surface area contributed by atoms with E-state index < -0.39 is 11.9 Å². The summed E-state index contributed by atoms with van der Waals surface area (Å²) in [5.74, 6) is 0.885. The highest BCUT2D eigenvalue weighted by Gasteiger charge is 2.46. The largest absolute Gasteiger partial charge is 0.433 e. The van der Waals surface area contributed by atoms with E-state index in [9.17, 15) is 13.2 Å². The molecule has 26 heavy (non-hydrogen) atoms. The summed E-state index contributed by atoms with van der Waals surface area (Å²) in [6.45, 7) is 1.82.